The molecule has 0 spiro atoms. The quantitative estimate of drug-likeness (QED) is 0.848. The molecular weight excluding hydrogens is 205 g/mol. The van der Waals surface area contributed by atoms with Crippen molar-refractivity contribution in [1.82, 2.24) is 9.88 Å². The van der Waals surface area contributed by atoms with E-state index in [4.69, 9.17) is 5.73 Å². The molecule has 0 saturated carbocycles. The molecule has 0 radical (unpaired) electrons. The molecule has 1 saturated heterocycles. The van der Waals surface area contributed by atoms with Gasteiger partial charge in [0, 0.05) is 6.54 Å². The number of rotatable bonds is 3. The summed E-state index contributed by atoms with van der Waals surface area (Å²) in [4.78, 5) is 6.48. The maximum Gasteiger partial charge on any atom is 0.141 e. The Morgan fingerprint density at radius 3 is 2.62 bits per heavy atom. The van der Waals surface area contributed by atoms with Gasteiger partial charge in [0.25, 0.3) is 0 Å². The van der Waals surface area contributed by atoms with Gasteiger partial charge in [0.2, 0.25) is 0 Å². The fourth-order valence-corrected chi connectivity index (χ4v) is 2.27. The van der Waals surface area contributed by atoms with Crippen LogP contribution in [0, 0.1) is 5.82 Å². The summed E-state index contributed by atoms with van der Waals surface area (Å²) in [5.41, 5.74) is 6.68. The van der Waals surface area contributed by atoms with E-state index in [-0.39, 0.29) is 11.9 Å². The Kier molecular flexibility index (Phi) is 3.85. The predicted octanol–water partition coefficient (Wildman–Crippen LogP) is 1.71. The largest absolute Gasteiger partial charge is 0.329 e. The number of nitrogens with zero attached hydrogens (tertiary/aromatic N) is 2. The fraction of sp³-hybridized carbons (Fsp3) is 0.583. The molecule has 16 heavy (non-hydrogen) atoms. The van der Waals surface area contributed by atoms with Crippen molar-refractivity contribution < 1.29 is 4.39 Å². The van der Waals surface area contributed by atoms with Gasteiger partial charge >= 0.3 is 0 Å². The highest BCUT2D eigenvalue weighted by Crippen LogP contribution is 2.22. The van der Waals surface area contributed by atoms with Crippen LogP contribution in [0.1, 0.15) is 31.0 Å². The smallest absolute Gasteiger partial charge is 0.141 e. The third-order valence-electron chi connectivity index (χ3n) is 3.15. The van der Waals surface area contributed by atoms with E-state index < -0.39 is 0 Å². The maximum atomic E-state index is 12.8. The standard InChI is InChI=1S/C12H18FN3/c13-10-4-5-11(15-9-10)12(8-14)16-6-2-1-3-7-16/h4-5,9,12H,1-3,6-8,14H2. The number of pyridine rings is 1. The van der Waals surface area contributed by atoms with Gasteiger partial charge in [0.1, 0.15) is 5.82 Å². The fourth-order valence-electron chi connectivity index (χ4n) is 2.27. The summed E-state index contributed by atoms with van der Waals surface area (Å²) in [6.45, 7) is 2.68. The molecule has 1 aromatic rings. The Labute approximate surface area is 95.5 Å². The minimum absolute atomic E-state index is 0.140. The van der Waals surface area contributed by atoms with Gasteiger partial charge in [0.05, 0.1) is 17.9 Å². The molecule has 2 N–H and O–H groups in total. The molecule has 1 aromatic heterocycles. The molecule has 0 bridgehead atoms. The van der Waals surface area contributed by atoms with Crippen LogP contribution >= 0.6 is 0 Å². The van der Waals surface area contributed by atoms with Gasteiger partial charge in [-0.2, -0.15) is 0 Å². The van der Waals surface area contributed by atoms with Crippen molar-refractivity contribution >= 4 is 0 Å². The molecule has 3 nitrogen and oxygen atoms in total. The van der Waals surface area contributed by atoms with E-state index in [9.17, 15) is 4.39 Å². The normalized spacial score (nSPS) is 19.6. The lowest BCUT2D eigenvalue weighted by molar-refractivity contribution is 0.164. The van der Waals surface area contributed by atoms with Crippen molar-refractivity contribution in [2.24, 2.45) is 5.73 Å². The first-order valence-electron chi connectivity index (χ1n) is 5.87. The van der Waals surface area contributed by atoms with Gasteiger partial charge in [-0.05, 0) is 38.1 Å². The zero-order valence-electron chi connectivity index (χ0n) is 9.40. The van der Waals surface area contributed by atoms with Crippen molar-refractivity contribution in [3.05, 3.63) is 29.8 Å². The SMILES string of the molecule is NCC(c1ccc(F)cn1)N1CCCCC1. The number of hydrogen-bond donors (Lipinski definition) is 1. The van der Waals surface area contributed by atoms with Gasteiger partial charge in [-0.25, -0.2) is 4.39 Å². The molecule has 1 atom stereocenters. The summed E-state index contributed by atoms with van der Waals surface area (Å²) in [6.07, 6.45) is 5.00. The summed E-state index contributed by atoms with van der Waals surface area (Å²) in [7, 11) is 0. The van der Waals surface area contributed by atoms with Crippen LogP contribution < -0.4 is 5.73 Å². The summed E-state index contributed by atoms with van der Waals surface area (Å²) < 4.78 is 12.8. The second kappa shape index (κ2) is 5.37. The van der Waals surface area contributed by atoms with Crippen LogP contribution in [0.25, 0.3) is 0 Å². The molecule has 88 valence electrons. The third-order valence-corrected chi connectivity index (χ3v) is 3.15. The van der Waals surface area contributed by atoms with E-state index in [0.717, 1.165) is 18.8 Å². The second-order valence-electron chi connectivity index (χ2n) is 4.25. The summed E-state index contributed by atoms with van der Waals surface area (Å²) in [5.74, 6) is -0.293. The summed E-state index contributed by atoms with van der Waals surface area (Å²) in [6, 6.07) is 3.33. The highest BCUT2D eigenvalue weighted by atomic mass is 19.1. The minimum Gasteiger partial charge on any atom is -0.329 e. The molecule has 1 fully saturated rings. The van der Waals surface area contributed by atoms with Crippen LogP contribution in [0.3, 0.4) is 0 Å². The van der Waals surface area contributed by atoms with Crippen LogP contribution in [-0.4, -0.2) is 29.5 Å². The monoisotopic (exact) mass is 223 g/mol. The average Bonchev–Trinajstić information content (AvgIpc) is 2.34. The topological polar surface area (TPSA) is 42.1 Å². The third kappa shape index (κ3) is 2.57. The Balaban J connectivity index is 2.11. The van der Waals surface area contributed by atoms with Gasteiger partial charge in [-0.1, -0.05) is 6.42 Å². The van der Waals surface area contributed by atoms with Crippen LogP contribution in [0.2, 0.25) is 0 Å². The van der Waals surface area contributed by atoms with Crippen molar-refractivity contribution in [3.63, 3.8) is 0 Å². The zero-order valence-corrected chi connectivity index (χ0v) is 9.40. The van der Waals surface area contributed by atoms with Crippen LogP contribution in [0.15, 0.2) is 18.3 Å². The van der Waals surface area contributed by atoms with E-state index in [1.165, 1.54) is 31.5 Å². The average molecular weight is 223 g/mol. The Hall–Kier alpha value is -1.00. The van der Waals surface area contributed by atoms with E-state index in [1.807, 2.05) is 0 Å². The van der Waals surface area contributed by atoms with Gasteiger partial charge < -0.3 is 5.73 Å². The number of piperidine rings is 1. The molecule has 2 heterocycles. The number of halogens is 1. The highest BCUT2D eigenvalue weighted by Gasteiger charge is 2.21. The second-order valence-corrected chi connectivity index (χ2v) is 4.25. The van der Waals surface area contributed by atoms with Crippen molar-refractivity contribution in [2.75, 3.05) is 19.6 Å². The lowest BCUT2D eigenvalue weighted by Gasteiger charge is -2.33. The van der Waals surface area contributed by atoms with Crippen LogP contribution in [0.5, 0.6) is 0 Å². The van der Waals surface area contributed by atoms with Crippen molar-refractivity contribution in [2.45, 2.75) is 25.3 Å². The Morgan fingerprint density at radius 2 is 2.06 bits per heavy atom. The molecule has 1 aliphatic heterocycles. The number of likely N-dealkylation sites (tertiary alicyclic amines) is 1. The molecule has 2 rings (SSSR count). The molecule has 0 aliphatic carbocycles. The first-order chi connectivity index (χ1) is 7.81. The molecule has 0 aromatic carbocycles. The van der Waals surface area contributed by atoms with Crippen LogP contribution in [0.4, 0.5) is 4.39 Å². The predicted molar refractivity (Wildman–Crippen MR) is 61.4 cm³/mol. The number of nitrogens with two attached hydrogens (primary N) is 1. The van der Waals surface area contributed by atoms with E-state index in [0.29, 0.717) is 6.54 Å². The van der Waals surface area contributed by atoms with E-state index >= 15 is 0 Å². The lowest BCUT2D eigenvalue weighted by Crippen LogP contribution is -2.37. The summed E-state index contributed by atoms with van der Waals surface area (Å²) in [5, 5.41) is 0. The first-order valence-corrected chi connectivity index (χ1v) is 5.87. The van der Waals surface area contributed by atoms with Crippen LogP contribution in [-0.2, 0) is 0 Å². The van der Waals surface area contributed by atoms with Gasteiger partial charge in [-0.3, -0.25) is 9.88 Å². The Bertz CT molecular complexity index is 320. The zero-order chi connectivity index (χ0) is 11.4. The molecule has 4 heteroatoms. The molecule has 0 amide bonds. The van der Waals surface area contributed by atoms with E-state index in [2.05, 4.69) is 9.88 Å². The first kappa shape index (κ1) is 11.5. The summed E-state index contributed by atoms with van der Waals surface area (Å²) >= 11 is 0. The lowest BCUT2D eigenvalue weighted by atomic mass is 10.1. The van der Waals surface area contributed by atoms with Crippen molar-refractivity contribution in [3.8, 4) is 0 Å². The maximum absolute atomic E-state index is 12.8. The minimum atomic E-state index is -0.293. The number of aromatic nitrogens is 1. The molecule has 1 aliphatic rings. The highest BCUT2D eigenvalue weighted by molar-refractivity contribution is 5.10. The Morgan fingerprint density at radius 1 is 1.31 bits per heavy atom. The van der Waals surface area contributed by atoms with Crippen molar-refractivity contribution in [1.29, 1.82) is 0 Å². The number of hydrogen-bond acceptors (Lipinski definition) is 3. The van der Waals surface area contributed by atoms with E-state index in [1.54, 1.807) is 6.07 Å². The molecular formula is C12H18FN3. The molecule has 1 unspecified atom stereocenters. The van der Waals surface area contributed by atoms with Gasteiger partial charge in [-0.15, -0.1) is 0 Å². The van der Waals surface area contributed by atoms with Gasteiger partial charge in [0.15, 0.2) is 0 Å².